The standard InChI is InChI=1S/C21H22N4O2/c1-24(15-17-14-19(23-27-17)16-8-10-22-11-9-16)21(26)18-6-2-3-7-20(18)25-12-4-5-13-25/h2-3,6-11,14H,4-5,12-13,15H2,1H3. The number of hydrogen-bond donors (Lipinski definition) is 0. The molecule has 2 aromatic heterocycles. The van der Waals surface area contributed by atoms with Gasteiger partial charge in [-0.1, -0.05) is 17.3 Å². The Hall–Kier alpha value is -3.15. The Bertz CT molecular complexity index is 917. The quantitative estimate of drug-likeness (QED) is 0.694. The molecule has 1 aliphatic heterocycles. The number of benzene rings is 1. The lowest BCUT2D eigenvalue weighted by molar-refractivity contribution is 0.0773. The lowest BCUT2D eigenvalue weighted by Crippen LogP contribution is -2.29. The Labute approximate surface area is 158 Å². The number of anilines is 1. The molecular formula is C21H22N4O2. The first-order valence-corrected chi connectivity index (χ1v) is 9.18. The summed E-state index contributed by atoms with van der Waals surface area (Å²) in [6.45, 7) is 2.38. The Kier molecular flexibility index (Phi) is 4.87. The monoisotopic (exact) mass is 362 g/mol. The van der Waals surface area contributed by atoms with Crippen LogP contribution in [0.1, 0.15) is 29.0 Å². The second-order valence-electron chi connectivity index (χ2n) is 6.79. The van der Waals surface area contributed by atoms with Crippen LogP contribution in [0.3, 0.4) is 0 Å². The van der Waals surface area contributed by atoms with Crippen molar-refractivity contribution in [2.24, 2.45) is 0 Å². The van der Waals surface area contributed by atoms with Gasteiger partial charge in [0.05, 0.1) is 12.1 Å². The lowest BCUT2D eigenvalue weighted by atomic mass is 10.1. The highest BCUT2D eigenvalue weighted by molar-refractivity contribution is 5.99. The van der Waals surface area contributed by atoms with E-state index in [4.69, 9.17) is 4.52 Å². The van der Waals surface area contributed by atoms with Crippen LogP contribution in [-0.2, 0) is 6.54 Å². The van der Waals surface area contributed by atoms with Crippen LogP contribution < -0.4 is 4.90 Å². The molecule has 1 amide bonds. The third kappa shape index (κ3) is 3.69. The summed E-state index contributed by atoms with van der Waals surface area (Å²) in [5.74, 6) is 0.635. The van der Waals surface area contributed by atoms with E-state index in [2.05, 4.69) is 15.0 Å². The fourth-order valence-corrected chi connectivity index (χ4v) is 3.45. The van der Waals surface area contributed by atoms with E-state index >= 15 is 0 Å². The second kappa shape index (κ2) is 7.61. The smallest absolute Gasteiger partial charge is 0.256 e. The van der Waals surface area contributed by atoms with Gasteiger partial charge in [0.1, 0.15) is 5.69 Å². The van der Waals surface area contributed by atoms with Gasteiger partial charge in [-0.15, -0.1) is 0 Å². The first-order valence-electron chi connectivity index (χ1n) is 9.18. The molecule has 0 aliphatic carbocycles. The highest BCUT2D eigenvalue weighted by atomic mass is 16.5. The molecule has 6 heteroatoms. The van der Waals surface area contributed by atoms with Crippen molar-refractivity contribution in [2.45, 2.75) is 19.4 Å². The van der Waals surface area contributed by atoms with E-state index in [1.165, 1.54) is 12.8 Å². The molecule has 0 atom stereocenters. The maximum Gasteiger partial charge on any atom is 0.256 e. The summed E-state index contributed by atoms with van der Waals surface area (Å²) >= 11 is 0. The predicted octanol–water partition coefficient (Wildman–Crippen LogP) is 3.61. The average molecular weight is 362 g/mol. The van der Waals surface area contributed by atoms with Crippen LogP contribution in [0.2, 0.25) is 0 Å². The maximum absolute atomic E-state index is 13.0. The number of rotatable bonds is 5. The summed E-state index contributed by atoms with van der Waals surface area (Å²) in [6, 6.07) is 13.5. The van der Waals surface area contributed by atoms with Gasteiger partial charge in [0, 0.05) is 49.8 Å². The van der Waals surface area contributed by atoms with Crippen LogP contribution in [0.5, 0.6) is 0 Å². The van der Waals surface area contributed by atoms with E-state index in [1.807, 2.05) is 42.5 Å². The van der Waals surface area contributed by atoms with Gasteiger partial charge in [-0.3, -0.25) is 9.78 Å². The largest absolute Gasteiger partial charge is 0.371 e. The normalized spacial score (nSPS) is 13.7. The molecule has 1 aromatic carbocycles. The molecule has 6 nitrogen and oxygen atoms in total. The van der Waals surface area contributed by atoms with E-state index < -0.39 is 0 Å². The number of amides is 1. The third-order valence-corrected chi connectivity index (χ3v) is 4.86. The topological polar surface area (TPSA) is 62.5 Å². The van der Waals surface area contributed by atoms with Crippen LogP contribution in [0.4, 0.5) is 5.69 Å². The fourth-order valence-electron chi connectivity index (χ4n) is 3.45. The van der Waals surface area contributed by atoms with Crippen LogP contribution in [-0.4, -0.2) is 41.1 Å². The Morgan fingerprint density at radius 1 is 1.15 bits per heavy atom. The lowest BCUT2D eigenvalue weighted by Gasteiger charge is -2.23. The van der Waals surface area contributed by atoms with Crippen molar-refractivity contribution in [3.05, 3.63) is 66.2 Å². The summed E-state index contributed by atoms with van der Waals surface area (Å²) in [7, 11) is 1.79. The Balaban J connectivity index is 1.50. The summed E-state index contributed by atoms with van der Waals surface area (Å²) in [5, 5.41) is 4.10. The molecule has 27 heavy (non-hydrogen) atoms. The molecule has 1 fully saturated rings. The van der Waals surface area contributed by atoms with E-state index in [0.717, 1.165) is 35.6 Å². The minimum atomic E-state index is -0.0145. The Morgan fingerprint density at radius 3 is 2.67 bits per heavy atom. The molecule has 1 saturated heterocycles. The number of carbonyl (C=O) groups excluding carboxylic acids is 1. The highest BCUT2D eigenvalue weighted by Gasteiger charge is 2.22. The molecule has 3 aromatic rings. The fraction of sp³-hybridized carbons (Fsp3) is 0.286. The van der Waals surface area contributed by atoms with Gasteiger partial charge in [0.2, 0.25) is 0 Å². The Morgan fingerprint density at radius 2 is 1.89 bits per heavy atom. The molecule has 0 N–H and O–H groups in total. The number of nitrogens with zero attached hydrogens (tertiary/aromatic N) is 4. The molecule has 0 radical (unpaired) electrons. The average Bonchev–Trinajstić information content (AvgIpc) is 3.40. The van der Waals surface area contributed by atoms with Gasteiger partial charge < -0.3 is 14.3 Å². The highest BCUT2D eigenvalue weighted by Crippen LogP contribution is 2.26. The van der Waals surface area contributed by atoms with Gasteiger partial charge in [-0.2, -0.15) is 0 Å². The number of aromatic nitrogens is 2. The predicted molar refractivity (Wildman–Crippen MR) is 103 cm³/mol. The zero-order chi connectivity index (χ0) is 18.6. The molecule has 1 aliphatic rings. The molecular weight excluding hydrogens is 340 g/mol. The van der Waals surface area contributed by atoms with E-state index in [0.29, 0.717) is 12.3 Å². The van der Waals surface area contributed by atoms with E-state index in [1.54, 1.807) is 24.3 Å². The molecule has 0 spiro atoms. The summed E-state index contributed by atoms with van der Waals surface area (Å²) < 4.78 is 5.43. The van der Waals surface area contributed by atoms with Gasteiger partial charge in [0.25, 0.3) is 5.91 Å². The van der Waals surface area contributed by atoms with Crippen LogP contribution >= 0.6 is 0 Å². The number of para-hydroxylation sites is 1. The molecule has 0 unspecified atom stereocenters. The van der Waals surface area contributed by atoms with Crippen LogP contribution in [0.15, 0.2) is 59.4 Å². The number of hydrogen-bond acceptors (Lipinski definition) is 5. The van der Waals surface area contributed by atoms with Gasteiger partial charge in [0.15, 0.2) is 5.76 Å². The summed E-state index contributed by atoms with van der Waals surface area (Å²) in [6.07, 6.45) is 5.78. The van der Waals surface area contributed by atoms with Gasteiger partial charge in [-0.25, -0.2) is 0 Å². The van der Waals surface area contributed by atoms with Crippen LogP contribution in [0, 0.1) is 0 Å². The SMILES string of the molecule is CN(Cc1cc(-c2ccncc2)no1)C(=O)c1ccccc1N1CCCC1. The number of pyridine rings is 1. The van der Waals surface area contributed by atoms with E-state index in [-0.39, 0.29) is 5.91 Å². The molecule has 138 valence electrons. The molecule has 0 saturated carbocycles. The minimum absolute atomic E-state index is 0.0145. The molecule has 4 rings (SSSR count). The molecule has 3 heterocycles. The maximum atomic E-state index is 13.0. The van der Waals surface area contributed by atoms with Crippen molar-refractivity contribution in [3.8, 4) is 11.3 Å². The van der Waals surface area contributed by atoms with Gasteiger partial charge in [-0.05, 0) is 37.1 Å². The van der Waals surface area contributed by atoms with Crippen molar-refractivity contribution < 1.29 is 9.32 Å². The summed E-state index contributed by atoms with van der Waals surface area (Å²) in [4.78, 5) is 21.0. The van der Waals surface area contributed by atoms with Crippen LogP contribution in [0.25, 0.3) is 11.3 Å². The van der Waals surface area contributed by atoms with Gasteiger partial charge >= 0.3 is 0 Å². The van der Waals surface area contributed by atoms with Crippen molar-refractivity contribution in [1.82, 2.24) is 15.0 Å². The zero-order valence-corrected chi connectivity index (χ0v) is 15.3. The minimum Gasteiger partial charge on any atom is -0.371 e. The van der Waals surface area contributed by atoms with Crippen molar-refractivity contribution in [2.75, 3.05) is 25.0 Å². The summed E-state index contributed by atoms with van der Waals surface area (Å²) in [5.41, 5.74) is 3.43. The van der Waals surface area contributed by atoms with Crippen molar-refractivity contribution in [1.29, 1.82) is 0 Å². The first kappa shape index (κ1) is 17.3. The number of carbonyl (C=O) groups is 1. The van der Waals surface area contributed by atoms with E-state index in [9.17, 15) is 4.79 Å². The van der Waals surface area contributed by atoms with Crippen molar-refractivity contribution >= 4 is 11.6 Å². The zero-order valence-electron chi connectivity index (χ0n) is 15.3. The first-order chi connectivity index (χ1) is 13.2. The second-order valence-corrected chi connectivity index (χ2v) is 6.79. The third-order valence-electron chi connectivity index (χ3n) is 4.86. The van der Waals surface area contributed by atoms with Crippen molar-refractivity contribution in [3.63, 3.8) is 0 Å². The molecule has 0 bridgehead atoms.